The maximum Gasteiger partial charge on any atom is 0.253 e. The maximum atomic E-state index is 12.1. The lowest BCUT2D eigenvalue weighted by Crippen LogP contribution is -2.45. The summed E-state index contributed by atoms with van der Waals surface area (Å²) in [6.07, 6.45) is 1.24. The summed E-state index contributed by atoms with van der Waals surface area (Å²) in [6.45, 7) is 4.67. The van der Waals surface area contributed by atoms with Crippen molar-refractivity contribution in [1.82, 2.24) is 5.32 Å². The van der Waals surface area contributed by atoms with Crippen molar-refractivity contribution in [3.8, 4) is 0 Å². The minimum absolute atomic E-state index is 0. The molecule has 0 radical (unpaired) electrons. The van der Waals surface area contributed by atoms with Gasteiger partial charge in [-0.15, -0.1) is 12.4 Å². The van der Waals surface area contributed by atoms with E-state index >= 15 is 0 Å². The van der Waals surface area contributed by atoms with E-state index in [0.717, 1.165) is 12.8 Å². The Balaban J connectivity index is 0.00000264. The van der Waals surface area contributed by atoms with Crippen LogP contribution in [-0.4, -0.2) is 36.6 Å². The van der Waals surface area contributed by atoms with Crippen LogP contribution in [0.25, 0.3) is 0 Å². The summed E-state index contributed by atoms with van der Waals surface area (Å²) in [5.74, 6) is -0.384. The van der Waals surface area contributed by atoms with E-state index in [0.29, 0.717) is 24.4 Å². The van der Waals surface area contributed by atoms with Gasteiger partial charge in [0.25, 0.3) is 11.8 Å². The summed E-state index contributed by atoms with van der Waals surface area (Å²) >= 11 is 0. The van der Waals surface area contributed by atoms with Crippen LogP contribution in [0.3, 0.4) is 0 Å². The van der Waals surface area contributed by atoms with Gasteiger partial charge in [-0.25, -0.2) is 0 Å². The van der Waals surface area contributed by atoms with Crippen LogP contribution in [0, 0.1) is 0 Å². The molecule has 1 saturated heterocycles. The lowest BCUT2D eigenvalue weighted by atomic mass is 10.1. The highest BCUT2D eigenvalue weighted by atomic mass is 35.5. The van der Waals surface area contributed by atoms with Crippen LogP contribution in [-0.2, 0) is 9.53 Å². The van der Waals surface area contributed by atoms with Gasteiger partial charge < -0.3 is 21.1 Å². The summed E-state index contributed by atoms with van der Waals surface area (Å²) in [5.41, 5.74) is 6.44. The van der Waals surface area contributed by atoms with Crippen molar-refractivity contribution in [2.45, 2.75) is 38.3 Å². The van der Waals surface area contributed by atoms with Gasteiger partial charge in [-0.1, -0.05) is 6.07 Å². The van der Waals surface area contributed by atoms with Gasteiger partial charge in [0, 0.05) is 29.9 Å². The van der Waals surface area contributed by atoms with Gasteiger partial charge in [-0.3, -0.25) is 9.59 Å². The zero-order chi connectivity index (χ0) is 16.2. The first-order valence-electron chi connectivity index (χ1n) is 7.45. The summed E-state index contributed by atoms with van der Waals surface area (Å²) in [4.78, 5) is 24.1. The van der Waals surface area contributed by atoms with E-state index in [4.69, 9.17) is 10.5 Å². The number of carbonyl (C=O) groups is 2. The fraction of sp³-hybridized carbons (Fsp3) is 0.500. The number of hydrogen-bond donors (Lipinski definition) is 3. The van der Waals surface area contributed by atoms with Crippen LogP contribution < -0.4 is 16.4 Å². The third-order valence-corrected chi connectivity index (χ3v) is 3.32. The van der Waals surface area contributed by atoms with E-state index in [1.54, 1.807) is 24.3 Å². The van der Waals surface area contributed by atoms with Gasteiger partial charge in [-0.2, -0.15) is 0 Å². The Labute approximate surface area is 142 Å². The van der Waals surface area contributed by atoms with Crippen LogP contribution >= 0.6 is 12.4 Å². The molecule has 0 bridgehead atoms. The quantitative estimate of drug-likeness (QED) is 0.759. The second-order valence-corrected chi connectivity index (χ2v) is 6.24. The number of carbonyl (C=O) groups excluding carboxylic acids is 2. The summed E-state index contributed by atoms with van der Waals surface area (Å²) in [6, 6.07) is 6.82. The molecular weight excluding hydrogens is 318 g/mol. The molecule has 128 valence electrons. The number of anilines is 1. The molecule has 0 aromatic heterocycles. The lowest BCUT2D eigenvalue weighted by Gasteiger charge is -2.19. The van der Waals surface area contributed by atoms with Crippen molar-refractivity contribution in [3.63, 3.8) is 0 Å². The average Bonchev–Trinajstić information content (AvgIpc) is 2.98. The first-order valence-corrected chi connectivity index (χ1v) is 7.45. The van der Waals surface area contributed by atoms with Crippen molar-refractivity contribution in [3.05, 3.63) is 29.8 Å². The molecule has 1 aliphatic heterocycles. The highest BCUT2D eigenvalue weighted by Gasteiger charge is 2.23. The second kappa shape index (κ2) is 8.29. The van der Waals surface area contributed by atoms with Crippen LogP contribution in [0.4, 0.5) is 5.69 Å². The summed E-state index contributed by atoms with van der Waals surface area (Å²) < 4.78 is 5.34. The minimum atomic E-state index is -0.471. The Morgan fingerprint density at radius 1 is 1.39 bits per heavy atom. The molecule has 0 spiro atoms. The standard InChI is InChI=1S/C16H23N3O3.ClH/c1-16(2,17)10-18-14(20)11-5-3-6-12(9-11)19-15(21)13-7-4-8-22-13;/h3,5-6,9,13H,4,7-8,10,17H2,1-2H3,(H,18,20)(H,19,21);1H. The number of nitrogens with two attached hydrogens (primary N) is 1. The molecule has 23 heavy (non-hydrogen) atoms. The fourth-order valence-corrected chi connectivity index (χ4v) is 2.16. The number of nitrogens with one attached hydrogen (secondary N) is 2. The normalized spacial score (nSPS) is 17.3. The molecule has 1 fully saturated rings. The van der Waals surface area contributed by atoms with E-state index in [2.05, 4.69) is 10.6 Å². The molecule has 2 amide bonds. The average molecular weight is 342 g/mol. The number of amides is 2. The van der Waals surface area contributed by atoms with Gasteiger partial charge in [0.2, 0.25) is 0 Å². The summed E-state index contributed by atoms with van der Waals surface area (Å²) in [5, 5.41) is 5.56. The van der Waals surface area contributed by atoms with Crippen molar-refractivity contribution in [2.75, 3.05) is 18.5 Å². The van der Waals surface area contributed by atoms with E-state index < -0.39 is 11.6 Å². The molecule has 1 aromatic rings. The van der Waals surface area contributed by atoms with Crippen LogP contribution in [0.2, 0.25) is 0 Å². The number of halogens is 1. The molecule has 7 heteroatoms. The number of rotatable bonds is 5. The summed E-state index contributed by atoms with van der Waals surface area (Å²) in [7, 11) is 0. The molecule has 0 aliphatic carbocycles. The highest BCUT2D eigenvalue weighted by Crippen LogP contribution is 2.16. The fourth-order valence-electron chi connectivity index (χ4n) is 2.16. The predicted molar refractivity (Wildman–Crippen MR) is 91.9 cm³/mol. The molecule has 4 N–H and O–H groups in total. The third kappa shape index (κ3) is 6.17. The van der Waals surface area contributed by atoms with Gasteiger partial charge >= 0.3 is 0 Å². The van der Waals surface area contributed by atoms with Crippen LogP contribution in [0.15, 0.2) is 24.3 Å². The molecule has 2 rings (SSSR count). The van der Waals surface area contributed by atoms with E-state index in [1.165, 1.54) is 0 Å². The zero-order valence-electron chi connectivity index (χ0n) is 13.4. The lowest BCUT2D eigenvalue weighted by molar-refractivity contribution is -0.124. The predicted octanol–water partition coefficient (Wildman–Crippen LogP) is 1.69. The van der Waals surface area contributed by atoms with Crippen LogP contribution in [0.5, 0.6) is 0 Å². The molecule has 0 saturated carbocycles. The third-order valence-electron chi connectivity index (χ3n) is 3.32. The van der Waals surface area contributed by atoms with Gasteiger partial charge in [0.1, 0.15) is 6.10 Å². The van der Waals surface area contributed by atoms with Crippen molar-refractivity contribution >= 4 is 29.9 Å². The molecular formula is C16H24ClN3O3. The number of ether oxygens (including phenoxy) is 1. The second-order valence-electron chi connectivity index (χ2n) is 6.24. The molecule has 1 atom stereocenters. The smallest absolute Gasteiger partial charge is 0.253 e. The minimum Gasteiger partial charge on any atom is -0.368 e. The Kier molecular flexibility index (Phi) is 7.00. The molecule has 1 aromatic carbocycles. The largest absolute Gasteiger partial charge is 0.368 e. The van der Waals surface area contributed by atoms with Crippen molar-refractivity contribution < 1.29 is 14.3 Å². The topological polar surface area (TPSA) is 93.5 Å². The monoisotopic (exact) mass is 341 g/mol. The Bertz CT molecular complexity index is 552. The zero-order valence-corrected chi connectivity index (χ0v) is 14.2. The Morgan fingerprint density at radius 2 is 2.13 bits per heavy atom. The van der Waals surface area contributed by atoms with Gasteiger partial charge in [-0.05, 0) is 44.9 Å². The van der Waals surface area contributed by atoms with Gasteiger partial charge in [0.15, 0.2) is 0 Å². The maximum absolute atomic E-state index is 12.1. The van der Waals surface area contributed by atoms with Crippen molar-refractivity contribution in [2.24, 2.45) is 5.73 Å². The van der Waals surface area contributed by atoms with E-state index in [9.17, 15) is 9.59 Å². The first-order chi connectivity index (χ1) is 10.3. The molecule has 1 unspecified atom stereocenters. The molecule has 1 aliphatic rings. The Morgan fingerprint density at radius 3 is 2.74 bits per heavy atom. The van der Waals surface area contributed by atoms with Crippen molar-refractivity contribution in [1.29, 1.82) is 0 Å². The highest BCUT2D eigenvalue weighted by molar-refractivity contribution is 5.98. The first kappa shape index (κ1) is 19.4. The molecule has 1 heterocycles. The number of hydrogen-bond acceptors (Lipinski definition) is 4. The molecule has 6 nitrogen and oxygen atoms in total. The Hall–Kier alpha value is -1.63. The van der Waals surface area contributed by atoms with Gasteiger partial charge in [0.05, 0.1) is 0 Å². The van der Waals surface area contributed by atoms with Crippen LogP contribution in [0.1, 0.15) is 37.0 Å². The van der Waals surface area contributed by atoms with E-state index in [1.807, 2.05) is 13.8 Å². The van der Waals surface area contributed by atoms with E-state index in [-0.39, 0.29) is 24.2 Å². The number of benzene rings is 1. The SMILES string of the molecule is CC(C)(N)CNC(=O)c1cccc(NC(=O)C2CCCO2)c1.Cl.